The van der Waals surface area contributed by atoms with Crippen molar-refractivity contribution in [1.29, 1.82) is 0 Å². The summed E-state index contributed by atoms with van der Waals surface area (Å²) in [5, 5.41) is 0. The summed E-state index contributed by atoms with van der Waals surface area (Å²) < 4.78 is 12.3. The molecule has 0 aliphatic heterocycles. The van der Waals surface area contributed by atoms with Crippen molar-refractivity contribution >= 4 is 33.5 Å². The summed E-state index contributed by atoms with van der Waals surface area (Å²) in [7, 11) is 0. The average Bonchev–Trinajstić information content (AvgIpc) is 3.74. The van der Waals surface area contributed by atoms with E-state index in [1.165, 1.54) is 33.4 Å². The molecule has 7 rings (SSSR count). The summed E-state index contributed by atoms with van der Waals surface area (Å²) in [6.45, 7) is 8.68. The molecule has 5 heteroatoms. The highest BCUT2D eigenvalue weighted by Crippen LogP contribution is 2.37. The Kier molecular flexibility index (Phi) is 6.32. The Bertz CT molecular complexity index is 1850. The molecule has 41 heavy (non-hydrogen) atoms. The number of hydrogen-bond donors (Lipinski definition) is 0. The summed E-state index contributed by atoms with van der Waals surface area (Å²) in [6.07, 6.45) is 0. The fourth-order valence-electron chi connectivity index (χ4n) is 5.30. The standard InChI is InChI=1S/C36H30N2O2S/c1-21-5-9-25(10-6-21)23(3)27-13-15-31-29(19-27)37-35(39-31)33-17-18-34(41-33)36-38-30-20-28(14-16-32(30)40-36)24(4)26-11-7-22(2)8-12-26/h5-20,23-24H,1-4H3. The molecule has 3 aromatic heterocycles. The van der Waals surface area contributed by atoms with Crippen LogP contribution in [0.5, 0.6) is 0 Å². The topological polar surface area (TPSA) is 52.1 Å². The number of thiophene rings is 1. The maximum Gasteiger partial charge on any atom is 0.237 e. The Hall–Kier alpha value is -4.48. The van der Waals surface area contributed by atoms with Crippen molar-refractivity contribution in [2.24, 2.45) is 0 Å². The van der Waals surface area contributed by atoms with Crippen molar-refractivity contribution in [3.05, 3.63) is 130 Å². The van der Waals surface area contributed by atoms with Crippen molar-refractivity contribution in [2.75, 3.05) is 0 Å². The Morgan fingerprint density at radius 1 is 0.512 bits per heavy atom. The van der Waals surface area contributed by atoms with Crippen LogP contribution in [-0.2, 0) is 0 Å². The molecule has 0 fully saturated rings. The summed E-state index contributed by atoms with van der Waals surface area (Å²) >= 11 is 1.57. The predicted molar refractivity (Wildman–Crippen MR) is 168 cm³/mol. The van der Waals surface area contributed by atoms with Crippen LogP contribution in [0, 0.1) is 13.8 Å². The summed E-state index contributed by atoms with van der Waals surface area (Å²) in [5.41, 5.74) is 10.8. The van der Waals surface area contributed by atoms with Crippen molar-refractivity contribution in [3.63, 3.8) is 0 Å². The van der Waals surface area contributed by atoms with E-state index in [1.54, 1.807) is 11.3 Å². The van der Waals surface area contributed by atoms with E-state index in [1.807, 2.05) is 24.3 Å². The fraction of sp³-hybridized carbons (Fsp3) is 0.167. The Labute approximate surface area is 243 Å². The molecule has 0 saturated heterocycles. The van der Waals surface area contributed by atoms with Crippen LogP contribution in [0.3, 0.4) is 0 Å². The van der Waals surface area contributed by atoms with E-state index >= 15 is 0 Å². The molecule has 4 aromatic carbocycles. The van der Waals surface area contributed by atoms with Crippen molar-refractivity contribution in [1.82, 2.24) is 9.97 Å². The maximum absolute atomic E-state index is 6.16. The molecule has 0 N–H and O–H groups in total. The van der Waals surface area contributed by atoms with E-state index in [9.17, 15) is 0 Å². The zero-order chi connectivity index (χ0) is 28.1. The van der Waals surface area contributed by atoms with Crippen LogP contribution >= 0.6 is 11.3 Å². The first kappa shape index (κ1) is 25.5. The first-order chi connectivity index (χ1) is 19.9. The Balaban J connectivity index is 1.14. The van der Waals surface area contributed by atoms with Crippen LogP contribution in [0.2, 0.25) is 0 Å². The van der Waals surface area contributed by atoms with Gasteiger partial charge in [0.25, 0.3) is 0 Å². The van der Waals surface area contributed by atoms with Gasteiger partial charge in [-0.25, -0.2) is 9.97 Å². The van der Waals surface area contributed by atoms with Gasteiger partial charge in [0.05, 0.1) is 9.75 Å². The van der Waals surface area contributed by atoms with E-state index in [2.05, 4.69) is 100 Å². The smallest absolute Gasteiger partial charge is 0.237 e. The van der Waals surface area contributed by atoms with Crippen LogP contribution in [0.15, 0.2) is 106 Å². The van der Waals surface area contributed by atoms with Crippen LogP contribution in [0.4, 0.5) is 0 Å². The number of fused-ring (bicyclic) bond motifs is 2. The number of rotatable bonds is 6. The molecule has 0 amide bonds. The van der Waals surface area contributed by atoms with Crippen LogP contribution in [0.25, 0.3) is 43.7 Å². The molecule has 0 spiro atoms. The fourth-order valence-corrected chi connectivity index (χ4v) is 6.16. The van der Waals surface area contributed by atoms with Crippen molar-refractivity contribution < 1.29 is 8.83 Å². The molecule has 3 heterocycles. The minimum Gasteiger partial charge on any atom is -0.435 e. The maximum atomic E-state index is 6.16. The van der Waals surface area contributed by atoms with Crippen LogP contribution in [0.1, 0.15) is 59.1 Å². The van der Waals surface area contributed by atoms with Gasteiger partial charge in [-0.05, 0) is 72.5 Å². The Morgan fingerprint density at radius 3 is 1.32 bits per heavy atom. The third-order valence-corrected chi connectivity index (χ3v) is 9.07. The van der Waals surface area contributed by atoms with E-state index in [-0.39, 0.29) is 11.8 Å². The van der Waals surface area contributed by atoms with Gasteiger partial charge in [0, 0.05) is 11.8 Å². The van der Waals surface area contributed by atoms with Crippen molar-refractivity contribution in [2.45, 2.75) is 39.5 Å². The largest absolute Gasteiger partial charge is 0.435 e. The number of nitrogens with zero attached hydrogens (tertiary/aromatic N) is 2. The molecular formula is C36H30N2O2S. The third-order valence-electron chi connectivity index (χ3n) is 8.01. The lowest BCUT2D eigenvalue weighted by Gasteiger charge is -2.12. The quantitative estimate of drug-likeness (QED) is 0.205. The van der Waals surface area contributed by atoms with Crippen LogP contribution in [-0.4, -0.2) is 9.97 Å². The highest BCUT2D eigenvalue weighted by molar-refractivity contribution is 7.18. The molecule has 4 nitrogen and oxygen atoms in total. The van der Waals surface area contributed by atoms with Gasteiger partial charge in [-0.3, -0.25) is 0 Å². The molecule has 7 aromatic rings. The molecule has 0 saturated carbocycles. The van der Waals surface area contributed by atoms with E-state index < -0.39 is 0 Å². The number of hydrogen-bond acceptors (Lipinski definition) is 5. The highest BCUT2D eigenvalue weighted by atomic mass is 32.1. The van der Waals surface area contributed by atoms with Gasteiger partial charge in [-0.2, -0.15) is 0 Å². The number of aromatic nitrogens is 2. The van der Waals surface area contributed by atoms with Crippen LogP contribution < -0.4 is 0 Å². The van der Waals surface area contributed by atoms with Gasteiger partial charge in [0.1, 0.15) is 11.0 Å². The lowest BCUT2D eigenvalue weighted by atomic mass is 9.92. The minimum atomic E-state index is 0.271. The first-order valence-electron chi connectivity index (χ1n) is 14.0. The molecule has 2 atom stereocenters. The lowest BCUT2D eigenvalue weighted by Crippen LogP contribution is -1.95. The second-order valence-electron chi connectivity index (χ2n) is 10.9. The van der Waals surface area contributed by atoms with Gasteiger partial charge < -0.3 is 8.83 Å². The van der Waals surface area contributed by atoms with E-state index in [0.717, 1.165) is 32.0 Å². The SMILES string of the molecule is Cc1ccc(C(C)c2ccc3oc(-c4ccc(-c5nc6cc(C(C)c7ccc(C)cc7)ccc6o5)s4)nc3c2)cc1. The second kappa shape index (κ2) is 10.2. The van der Waals surface area contributed by atoms with Gasteiger partial charge in [-0.15, -0.1) is 11.3 Å². The van der Waals surface area contributed by atoms with Gasteiger partial charge in [0.2, 0.25) is 11.8 Å². The summed E-state index contributed by atoms with van der Waals surface area (Å²) in [4.78, 5) is 11.6. The molecular weight excluding hydrogens is 524 g/mol. The van der Waals surface area contributed by atoms with Gasteiger partial charge >= 0.3 is 0 Å². The number of benzene rings is 4. The zero-order valence-corrected chi connectivity index (χ0v) is 24.3. The van der Waals surface area contributed by atoms with E-state index in [0.29, 0.717) is 11.8 Å². The Morgan fingerprint density at radius 2 is 0.902 bits per heavy atom. The van der Waals surface area contributed by atoms with Gasteiger partial charge in [0.15, 0.2) is 11.2 Å². The number of aryl methyl sites for hydroxylation is 2. The monoisotopic (exact) mass is 554 g/mol. The molecule has 202 valence electrons. The van der Waals surface area contributed by atoms with Gasteiger partial charge in [-0.1, -0.05) is 85.6 Å². The second-order valence-corrected chi connectivity index (χ2v) is 12.0. The molecule has 0 radical (unpaired) electrons. The zero-order valence-electron chi connectivity index (χ0n) is 23.5. The third kappa shape index (κ3) is 4.87. The average molecular weight is 555 g/mol. The highest BCUT2D eigenvalue weighted by Gasteiger charge is 2.18. The molecule has 2 unspecified atom stereocenters. The minimum absolute atomic E-state index is 0.271. The summed E-state index contributed by atoms with van der Waals surface area (Å²) in [6, 6.07) is 34.1. The van der Waals surface area contributed by atoms with Crippen molar-refractivity contribution in [3.8, 4) is 21.5 Å². The predicted octanol–water partition coefficient (Wildman–Crippen LogP) is 10.3. The number of oxazole rings is 2. The molecule has 0 aliphatic carbocycles. The normalized spacial score (nSPS) is 13.2. The molecule has 0 bridgehead atoms. The summed E-state index contributed by atoms with van der Waals surface area (Å²) in [5.74, 6) is 1.77. The lowest BCUT2D eigenvalue weighted by molar-refractivity contribution is 0.621. The first-order valence-corrected chi connectivity index (χ1v) is 14.8. The van der Waals surface area contributed by atoms with E-state index in [4.69, 9.17) is 18.8 Å². The molecule has 0 aliphatic rings.